The summed E-state index contributed by atoms with van der Waals surface area (Å²) >= 11 is 4.86. The van der Waals surface area contributed by atoms with Crippen LogP contribution in [0.5, 0.6) is 0 Å². The zero-order valence-electron chi connectivity index (χ0n) is 16.8. The number of sulfone groups is 1. The number of halogens is 1. The van der Waals surface area contributed by atoms with Crippen LogP contribution < -0.4 is 4.90 Å². The second kappa shape index (κ2) is 8.57. The van der Waals surface area contributed by atoms with Gasteiger partial charge in [0.15, 0.2) is 15.0 Å². The minimum absolute atomic E-state index is 0.196. The molecule has 0 radical (unpaired) electrons. The van der Waals surface area contributed by atoms with E-state index in [1.807, 2.05) is 18.2 Å². The minimum Gasteiger partial charge on any atom is -0.467 e. The van der Waals surface area contributed by atoms with Crippen LogP contribution >= 0.6 is 27.3 Å². The van der Waals surface area contributed by atoms with Crippen molar-refractivity contribution in [1.29, 1.82) is 0 Å². The topological polar surface area (TPSA) is 80.5 Å². The number of nitrogens with zero attached hydrogens (tertiary/aromatic N) is 2. The average molecular weight is 519 g/mol. The van der Waals surface area contributed by atoms with Crippen molar-refractivity contribution in [1.82, 2.24) is 4.98 Å². The lowest BCUT2D eigenvalue weighted by Gasteiger charge is -2.19. The molecule has 0 atom stereocenters. The van der Waals surface area contributed by atoms with Crippen molar-refractivity contribution >= 4 is 58.4 Å². The van der Waals surface area contributed by atoms with E-state index >= 15 is 0 Å². The van der Waals surface area contributed by atoms with E-state index in [-0.39, 0.29) is 17.3 Å². The summed E-state index contributed by atoms with van der Waals surface area (Å²) in [5.41, 5.74) is 1.16. The number of hydrogen-bond donors (Lipinski definition) is 0. The Morgan fingerprint density at radius 2 is 1.90 bits per heavy atom. The molecule has 0 N–H and O–H groups in total. The van der Waals surface area contributed by atoms with E-state index in [2.05, 4.69) is 20.9 Å². The summed E-state index contributed by atoms with van der Waals surface area (Å²) in [6.07, 6.45) is 1.55. The van der Waals surface area contributed by atoms with Gasteiger partial charge >= 0.3 is 0 Å². The molecule has 0 unspecified atom stereocenters. The number of carbonyl (C=O) groups excluding carboxylic acids is 1. The fourth-order valence-electron chi connectivity index (χ4n) is 3.00. The van der Waals surface area contributed by atoms with Gasteiger partial charge in [0.2, 0.25) is 0 Å². The van der Waals surface area contributed by atoms with E-state index in [0.29, 0.717) is 16.5 Å². The Morgan fingerprint density at radius 3 is 2.55 bits per heavy atom. The first-order chi connectivity index (χ1) is 14.8. The lowest BCUT2D eigenvalue weighted by molar-refractivity contribution is 0.0983. The monoisotopic (exact) mass is 518 g/mol. The highest BCUT2D eigenvalue weighted by Gasteiger charge is 2.24. The quantitative estimate of drug-likeness (QED) is 0.328. The number of fused-ring (bicyclic) bond motifs is 1. The molecule has 0 aliphatic carbocycles. The van der Waals surface area contributed by atoms with E-state index in [4.69, 9.17) is 4.42 Å². The zero-order valence-corrected chi connectivity index (χ0v) is 20.0. The first-order valence-electron chi connectivity index (χ1n) is 9.50. The summed E-state index contributed by atoms with van der Waals surface area (Å²) in [5, 5.41) is -0.0000430. The zero-order chi connectivity index (χ0) is 22.2. The average Bonchev–Trinajstić information content (AvgIpc) is 3.40. The van der Waals surface area contributed by atoms with Crippen molar-refractivity contribution in [2.24, 2.45) is 0 Å². The Kier molecular flexibility index (Phi) is 6.00. The van der Waals surface area contributed by atoms with E-state index in [1.54, 1.807) is 37.1 Å². The maximum Gasteiger partial charge on any atom is 0.260 e. The molecule has 0 bridgehead atoms. The predicted octanol–water partition coefficient (Wildman–Crippen LogP) is 5.68. The molecule has 0 aliphatic heterocycles. The Labute approximate surface area is 192 Å². The van der Waals surface area contributed by atoms with Crippen LogP contribution in [0.3, 0.4) is 0 Å². The Hall–Kier alpha value is -2.49. The lowest BCUT2D eigenvalue weighted by atomic mass is 10.2. The van der Waals surface area contributed by atoms with Crippen LogP contribution in [0.4, 0.5) is 5.13 Å². The van der Waals surface area contributed by atoms with Gasteiger partial charge in [-0.1, -0.05) is 27.3 Å². The van der Waals surface area contributed by atoms with E-state index < -0.39 is 15.1 Å². The largest absolute Gasteiger partial charge is 0.467 e. The van der Waals surface area contributed by atoms with Gasteiger partial charge < -0.3 is 4.42 Å². The van der Waals surface area contributed by atoms with E-state index in [1.165, 1.54) is 35.6 Å². The number of amides is 1. The molecule has 9 heteroatoms. The number of rotatable bonds is 6. The van der Waals surface area contributed by atoms with Gasteiger partial charge in [0, 0.05) is 10.0 Å². The molecule has 0 aliphatic rings. The fourth-order valence-corrected chi connectivity index (χ4v) is 5.58. The fraction of sp³-hybridized carbons (Fsp3) is 0.182. The van der Waals surface area contributed by atoms with Gasteiger partial charge in [-0.25, -0.2) is 13.4 Å². The van der Waals surface area contributed by atoms with Crippen LogP contribution in [0.25, 0.3) is 10.2 Å². The number of carbonyl (C=O) groups is 1. The second-order valence-electron chi connectivity index (χ2n) is 7.20. The standard InChI is InChI=1S/C22H19BrN2O4S2/c1-14(2)31(27,28)18-8-5-15(6-9-18)21(26)25(13-17-4-3-11-29-17)22-24-19-10-7-16(23)12-20(19)30-22/h3-12,14H,13H2,1-2H3. The van der Waals surface area contributed by atoms with E-state index in [0.717, 1.165) is 14.7 Å². The van der Waals surface area contributed by atoms with Crippen molar-refractivity contribution < 1.29 is 17.6 Å². The van der Waals surface area contributed by atoms with Gasteiger partial charge in [-0.2, -0.15) is 0 Å². The van der Waals surface area contributed by atoms with Crippen LogP contribution in [0, 0.1) is 0 Å². The maximum atomic E-state index is 13.4. The molecule has 2 aromatic heterocycles. The van der Waals surface area contributed by atoms with Gasteiger partial charge in [0.05, 0.1) is 33.2 Å². The third-order valence-electron chi connectivity index (χ3n) is 4.76. The molecule has 31 heavy (non-hydrogen) atoms. The third kappa shape index (κ3) is 4.44. The molecule has 2 aromatic carbocycles. The van der Waals surface area contributed by atoms with Crippen LogP contribution in [0.15, 0.2) is 74.6 Å². The number of hydrogen-bond acceptors (Lipinski definition) is 6. The van der Waals surface area contributed by atoms with Gasteiger partial charge in [0.1, 0.15) is 5.76 Å². The first kappa shape index (κ1) is 21.7. The van der Waals surface area contributed by atoms with Crippen molar-refractivity contribution in [3.05, 3.63) is 76.7 Å². The summed E-state index contributed by atoms with van der Waals surface area (Å²) in [6.45, 7) is 3.47. The van der Waals surface area contributed by atoms with Crippen LogP contribution in [0.2, 0.25) is 0 Å². The summed E-state index contributed by atoms with van der Waals surface area (Å²) in [5.74, 6) is 0.329. The van der Waals surface area contributed by atoms with Gasteiger partial charge in [-0.15, -0.1) is 0 Å². The molecule has 2 heterocycles. The number of furan rings is 1. The number of thiazole rings is 1. The van der Waals surface area contributed by atoms with Crippen LogP contribution in [0.1, 0.15) is 30.0 Å². The smallest absolute Gasteiger partial charge is 0.260 e. The van der Waals surface area contributed by atoms with Crippen molar-refractivity contribution in [3.63, 3.8) is 0 Å². The lowest BCUT2D eigenvalue weighted by Crippen LogP contribution is -2.30. The summed E-state index contributed by atoms with van der Waals surface area (Å²) < 4.78 is 32.1. The second-order valence-corrected chi connectivity index (χ2v) is 11.6. The molecular weight excluding hydrogens is 500 g/mol. The molecule has 0 saturated carbocycles. The molecular formula is C22H19BrN2O4S2. The Balaban J connectivity index is 1.71. The summed E-state index contributed by atoms with van der Waals surface area (Å²) in [4.78, 5) is 19.8. The van der Waals surface area contributed by atoms with Gasteiger partial charge in [-0.3, -0.25) is 9.69 Å². The van der Waals surface area contributed by atoms with Crippen molar-refractivity contribution in [2.75, 3.05) is 4.90 Å². The highest BCUT2D eigenvalue weighted by molar-refractivity contribution is 9.10. The normalized spacial score (nSPS) is 11.9. The van der Waals surface area contributed by atoms with E-state index in [9.17, 15) is 13.2 Å². The van der Waals surface area contributed by atoms with Crippen LogP contribution in [-0.2, 0) is 16.4 Å². The SMILES string of the molecule is CC(C)S(=O)(=O)c1ccc(C(=O)N(Cc2ccco2)c2nc3ccc(Br)cc3s2)cc1. The molecule has 6 nitrogen and oxygen atoms in total. The minimum atomic E-state index is -3.41. The highest BCUT2D eigenvalue weighted by atomic mass is 79.9. The predicted molar refractivity (Wildman–Crippen MR) is 125 cm³/mol. The molecule has 1 amide bonds. The summed E-state index contributed by atoms with van der Waals surface area (Å²) in [7, 11) is -3.41. The number of anilines is 1. The number of benzene rings is 2. The van der Waals surface area contributed by atoms with Gasteiger partial charge in [-0.05, 0) is 68.4 Å². The number of aromatic nitrogens is 1. The summed E-state index contributed by atoms with van der Waals surface area (Å²) in [6, 6.07) is 15.3. The molecule has 4 aromatic rings. The highest BCUT2D eigenvalue weighted by Crippen LogP contribution is 2.32. The molecule has 0 spiro atoms. The molecule has 4 rings (SSSR count). The Bertz CT molecular complexity index is 1330. The third-order valence-corrected chi connectivity index (χ3v) is 8.46. The Morgan fingerprint density at radius 1 is 1.16 bits per heavy atom. The first-order valence-corrected chi connectivity index (χ1v) is 12.7. The molecule has 0 fully saturated rings. The molecule has 0 saturated heterocycles. The van der Waals surface area contributed by atoms with Gasteiger partial charge in [0.25, 0.3) is 5.91 Å². The van der Waals surface area contributed by atoms with Crippen molar-refractivity contribution in [2.45, 2.75) is 30.5 Å². The van der Waals surface area contributed by atoms with Crippen LogP contribution in [-0.4, -0.2) is 24.6 Å². The van der Waals surface area contributed by atoms with Crippen molar-refractivity contribution in [3.8, 4) is 0 Å². The maximum absolute atomic E-state index is 13.4. The molecule has 160 valence electrons.